The fourth-order valence-corrected chi connectivity index (χ4v) is 3.88. The van der Waals surface area contributed by atoms with Crippen molar-refractivity contribution >= 4 is 26.7 Å². The summed E-state index contributed by atoms with van der Waals surface area (Å²) in [5.74, 6) is 0.805. The molecule has 0 saturated heterocycles. The Morgan fingerprint density at radius 2 is 2.08 bits per heavy atom. The van der Waals surface area contributed by atoms with Crippen LogP contribution in [-0.4, -0.2) is 21.5 Å². The van der Waals surface area contributed by atoms with Crippen LogP contribution < -0.4 is 4.90 Å². The second-order valence-corrected chi connectivity index (χ2v) is 6.97. The van der Waals surface area contributed by atoms with Crippen molar-refractivity contribution in [3.8, 4) is 0 Å². The van der Waals surface area contributed by atoms with Gasteiger partial charge in [-0.05, 0) is 30.2 Å². The predicted molar refractivity (Wildman–Crippen MR) is 90.8 cm³/mol. The molecule has 1 aromatic carbocycles. The van der Waals surface area contributed by atoms with E-state index in [-0.39, 0.29) is 0 Å². The molecular formula is C17H15F3N4S. The van der Waals surface area contributed by atoms with Crippen molar-refractivity contribution in [2.75, 3.05) is 11.4 Å². The maximum absolute atomic E-state index is 12.9. The Morgan fingerprint density at radius 3 is 2.84 bits per heavy atom. The minimum atomic E-state index is -4.35. The number of hydrogen-bond acceptors (Lipinski definition) is 5. The first-order chi connectivity index (χ1) is 11.9. The highest BCUT2D eigenvalue weighted by atomic mass is 32.1. The van der Waals surface area contributed by atoms with E-state index in [9.17, 15) is 13.2 Å². The van der Waals surface area contributed by atoms with Gasteiger partial charge >= 0.3 is 6.18 Å². The molecule has 4 rings (SSSR count). The zero-order valence-corrected chi connectivity index (χ0v) is 14.3. The van der Waals surface area contributed by atoms with Crippen LogP contribution >= 0.6 is 11.3 Å². The largest absolute Gasteiger partial charge is 0.416 e. The minimum Gasteiger partial charge on any atom is -0.342 e. The van der Waals surface area contributed by atoms with Crippen molar-refractivity contribution in [2.45, 2.75) is 32.5 Å². The van der Waals surface area contributed by atoms with E-state index in [0.717, 1.165) is 58.4 Å². The fourth-order valence-electron chi connectivity index (χ4n) is 2.90. The number of fused-ring (bicyclic) bond motifs is 2. The van der Waals surface area contributed by atoms with Gasteiger partial charge in [0.2, 0.25) is 0 Å². The highest BCUT2D eigenvalue weighted by Crippen LogP contribution is 2.36. The molecule has 0 saturated carbocycles. The summed E-state index contributed by atoms with van der Waals surface area (Å²) >= 11 is 1.41. The van der Waals surface area contributed by atoms with E-state index >= 15 is 0 Å². The fraction of sp³-hybridized carbons (Fsp3) is 0.353. The van der Waals surface area contributed by atoms with Gasteiger partial charge in [0, 0.05) is 19.2 Å². The molecule has 2 aromatic heterocycles. The maximum Gasteiger partial charge on any atom is 0.416 e. The van der Waals surface area contributed by atoms with Crippen molar-refractivity contribution in [1.82, 2.24) is 15.0 Å². The number of halogens is 3. The quantitative estimate of drug-likeness (QED) is 0.682. The van der Waals surface area contributed by atoms with Gasteiger partial charge in [0.1, 0.15) is 5.82 Å². The van der Waals surface area contributed by atoms with E-state index in [1.165, 1.54) is 17.4 Å². The lowest BCUT2D eigenvalue weighted by atomic mass is 10.1. The highest BCUT2D eigenvalue weighted by molar-refractivity contribution is 7.22. The number of anilines is 1. The van der Waals surface area contributed by atoms with E-state index in [4.69, 9.17) is 0 Å². The van der Waals surface area contributed by atoms with E-state index in [1.807, 2.05) is 13.1 Å². The van der Waals surface area contributed by atoms with Crippen LogP contribution in [0.15, 0.2) is 24.4 Å². The smallest absolute Gasteiger partial charge is 0.342 e. The summed E-state index contributed by atoms with van der Waals surface area (Å²) in [5, 5.41) is 0.733. The summed E-state index contributed by atoms with van der Waals surface area (Å²) in [5.41, 5.74) is 1.83. The first kappa shape index (κ1) is 16.3. The lowest BCUT2D eigenvalue weighted by Crippen LogP contribution is -2.31. The number of benzene rings is 1. The molecule has 1 aliphatic heterocycles. The standard InChI is InChI=1S/C17H15F3N4S/c1-2-15-21-8-10-5-6-24(9-13(10)22-15)16-23-12-7-11(17(18,19)20)3-4-14(12)25-16/h3-4,7-8H,2,5-6,9H2,1H3. The number of aromatic nitrogens is 3. The van der Waals surface area contributed by atoms with Gasteiger partial charge in [-0.3, -0.25) is 0 Å². The van der Waals surface area contributed by atoms with Crippen LogP contribution in [-0.2, 0) is 25.6 Å². The number of rotatable bonds is 2. The van der Waals surface area contributed by atoms with Crippen molar-refractivity contribution in [3.05, 3.63) is 47.0 Å². The van der Waals surface area contributed by atoms with Crippen molar-refractivity contribution in [3.63, 3.8) is 0 Å². The number of aryl methyl sites for hydroxylation is 1. The molecule has 0 spiro atoms. The lowest BCUT2D eigenvalue weighted by molar-refractivity contribution is -0.137. The summed E-state index contributed by atoms with van der Waals surface area (Å²) in [6, 6.07) is 3.72. The SMILES string of the molecule is CCc1ncc2c(n1)CN(c1nc3cc(C(F)(F)F)ccc3s1)CC2. The normalized spacial score (nSPS) is 14.8. The summed E-state index contributed by atoms with van der Waals surface area (Å²) in [6.45, 7) is 3.37. The highest BCUT2D eigenvalue weighted by Gasteiger charge is 2.31. The van der Waals surface area contributed by atoms with Crippen LogP contribution in [0.4, 0.5) is 18.3 Å². The van der Waals surface area contributed by atoms with E-state index in [0.29, 0.717) is 12.1 Å². The Kier molecular flexibility index (Phi) is 3.87. The van der Waals surface area contributed by atoms with Crippen LogP contribution in [0.1, 0.15) is 29.6 Å². The average Bonchev–Trinajstić information content (AvgIpc) is 3.03. The first-order valence-electron chi connectivity index (χ1n) is 8.00. The molecule has 8 heteroatoms. The van der Waals surface area contributed by atoms with Crippen molar-refractivity contribution in [2.24, 2.45) is 0 Å². The van der Waals surface area contributed by atoms with Gasteiger partial charge in [-0.2, -0.15) is 13.2 Å². The van der Waals surface area contributed by atoms with Gasteiger partial charge in [-0.1, -0.05) is 18.3 Å². The van der Waals surface area contributed by atoms with Crippen LogP contribution in [0, 0.1) is 0 Å². The molecule has 3 aromatic rings. The third-order valence-electron chi connectivity index (χ3n) is 4.29. The molecule has 0 atom stereocenters. The van der Waals surface area contributed by atoms with Gasteiger partial charge in [-0.25, -0.2) is 15.0 Å². The summed E-state index contributed by atoms with van der Waals surface area (Å²) in [6.07, 6.45) is -0.889. The molecule has 0 radical (unpaired) electrons. The minimum absolute atomic E-state index is 0.387. The molecule has 0 unspecified atom stereocenters. The number of thiazole rings is 1. The Labute approximate surface area is 146 Å². The Hall–Kier alpha value is -2.22. The van der Waals surface area contributed by atoms with Gasteiger partial charge in [0.05, 0.1) is 28.0 Å². The molecule has 0 N–H and O–H groups in total. The number of alkyl halides is 3. The first-order valence-corrected chi connectivity index (χ1v) is 8.82. The number of hydrogen-bond donors (Lipinski definition) is 0. The van der Waals surface area contributed by atoms with Crippen LogP contribution in [0.25, 0.3) is 10.2 Å². The predicted octanol–water partition coefficient (Wildman–Crippen LogP) is 4.23. The van der Waals surface area contributed by atoms with E-state index in [2.05, 4.69) is 19.9 Å². The zero-order valence-electron chi connectivity index (χ0n) is 13.5. The summed E-state index contributed by atoms with van der Waals surface area (Å²) in [4.78, 5) is 15.4. The summed E-state index contributed by atoms with van der Waals surface area (Å²) < 4.78 is 39.4. The second-order valence-electron chi connectivity index (χ2n) is 5.96. The molecule has 0 fully saturated rings. The molecule has 25 heavy (non-hydrogen) atoms. The Bertz CT molecular complexity index is 935. The third kappa shape index (κ3) is 3.06. The summed E-state index contributed by atoms with van der Waals surface area (Å²) in [7, 11) is 0. The van der Waals surface area contributed by atoms with Gasteiger partial charge < -0.3 is 4.90 Å². The maximum atomic E-state index is 12.9. The van der Waals surface area contributed by atoms with Crippen LogP contribution in [0.3, 0.4) is 0 Å². The third-order valence-corrected chi connectivity index (χ3v) is 5.38. The Morgan fingerprint density at radius 1 is 1.24 bits per heavy atom. The number of nitrogens with zero attached hydrogens (tertiary/aromatic N) is 4. The molecule has 1 aliphatic rings. The van der Waals surface area contributed by atoms with Gasteiger partial charge in [0.15, 0.2) is 5.13 Å². The zero-order chi connectivity index (χ0) is 17.6. The molecule has 4 nitrogen and oxygen atoms in total. The molecular weight excluding hydrogens is 349 g/mol. The van der Waals surface area contributed by atoms with Gasteiger partial charge in [-0.15, -0.1) is 0 Å². The van der Waals surface area contributed by atoms with Gasteiger partial charge in [0.25, 0.3) is 0 Å². The molecule has 0 bridgehead atoms. The molecule has 3 heterocycles. The van der Waals surface area contributed by atoms with E-state index in [1.54, 1.807) is 0 Å². The topological polar surface area (TPSA) is 41.9 Å². The Balaban J connectivity index is 1.66. The molecule has 0 aliphatic carbocycles. The molecule has 0 amide bonds. The van der Waals surface area contributed by atoms with Crippen LogP contribution in [0.5, 0.6) is 0 Å². The molecule has 130 valence electrons. The van der Waals surface area contributed by atoms with E-state index < -0.39 is 11.7 Å². The average molecular weight is 364 g/mol. The monoisotopic (exact) mass is 364 g/mol. The second kappa shape index (κ2) is 5.94. The van der Waals surface area contributed by atoms with Crippen LogP contribution in [0.2, 0.25) is 0 Å². The van der Waals surface area contributed by atoms with Crippen molar-refractivity contribution in [1.29, 1.82) is 0 Å². The van der Waals surface area contributed by atoms with Crippen molar-refractivity contribution < 1.29 is 13.2 Å². The lowest BCUT2D eigenvalue weighted by Gasteiger charge is -2.27.